The van der Waals surface area contributed by atoms with Crippen LogP contribution in [-0.2, 0) is 11.2 Å². The molecule has 1 N–H and O–H groups in total. The zero-order chi connectivity index (χ0) is 23.2. The van der Waals surface area contributed by atoms with Gasteiger partial charge >= 0.3 is 5.63 Å². The quantitative estimate of drug-likeness (QED) is 0.417. The Morgan fingerprint density at radius 2 is 1.91 bits per heavy atom. The van der Waals surface area contributed by atoms with E-state index in [1.54, 1.807) is 18.3 Å². The number of allylic oxidation sites excluding steroid dienone is 2. The van der Waals surface area contributed by atoms with Crippen LogP contribution < -0.4 is 20.6 Å². The normalized spacial score (nSPS) is 13.6. The molecule has 2 aromatic heterocycles. The highest BCUT2D eigenvalue weighted by Gasteiger charge is 2.14. The Balaban J connectivity index is 1.44. The number of hydrogen-bond acceptors (Lipinski definition) is 6. The molecular weight excluding hydrogens is 418 g/mol. The zero-order valence-corrected chi connectivity index (χ0v) is 19.1. The van der Waals surface area contributed by atoms with Gasteiger partial charge in [0.15, 0.2) is 6.61 Å². The molecule has 7 heteroatoms. The highest BCUT2D eigenvalue weighted by Crippen LogP contribution is 2.28. The van der Waals surface area contributed by atoms with Crippen LogP contribution in [0.5, 0.6) is 5.75 Å². The molecule has 1 amide bonds. The number of nitrogens with zero attached hydrogens (tertiary/aromatic N) is 2. The smallest absolute Gasteiger partial charge is 0.336 e. The third kappa shape index (κ3) is 5.80. The molecule has 1 fully saturated rings. The molecule has 0 unspecified atom stereocenters. The van der Waals surface area contributed by atoms with Crippen molar-refractivity contribution in [3.05, 3.63) is 70.2 Å². The third-order valence-corrected chi connectivity index (χ3v) is 5.66. The summed E-state index contributed by atoms with van der Waals surface area (Å²) in [6.45, 7) is 5.90. The van der Waals surface area contributed by atoms with Gasteiger partial charge in [-0.15, -0.1) is 0 Å². The van der Waals surface area contributed by atoms with Crippen LogP contribution in [0.4, 0.5) is 11.5 Å². The predicted molar refractivity (Wildman–Crippen MR) is 130 cm³/mol. The molecule has 4 rings (SSSR count). The molecule has 0 saturated carbocycles. The van der Waals surface area contributed by atoms with Crippen molar-refractivity contribution >= 4 is 28.4 Å². The van der Waals surface area contributed by atoms with Crippen molar-refractivity contribution < 1.29 is 13.9 Å². The van der Waals surface area contributed by atoms with Gasteiger partial charge in [-0.1, -0.05) is 11.6 Å². The largest absolute Gasteiger partial charge is 0.483 e. The highest BCUT2D eigenvalue weighted by molar-refractivity contribution is 5.91. The van der Waals surface area contributed by atoms with Crippen molar-refractivity contribution in [3.8, 4) is 5.75 Å². The van der Waals surface area contributed by atoms with E-state index < -0.39 is 5.63 Å². The van der Waals surface area contributed by atoms with E-state index in [0.29, 0.717) is 23.6 Å². The first kappa shape index (κ1) is 22.6. The molecule has 3 aromatic rings. The lowest BCUT2D eigenvalue weighted by atomic mass is 10.1. The lowest BCUT2D eigenvalue weighted by molar-refractivity contribution is -0.118. The van der Waals surface area contributed by atoms with Crippen LogP contribution in [0.15, 0.2) is 63.5 Å². The van der Waals surface area contributed by atoms with Gasteiger partial charge in [0, 0.05) is 30.1 Å². The topological polar surface area (TPSA) is 84.7 Å². The first-order chi connectivity index (χ1) is 16.0. The number of rotatable bonds is 7. The molecule has 3 heterocycles. The van der Waals surface area contributed by atoms with Gasteiger partial charge in [0.05, 0.1) is 11.9 Å². The molecule has 7 nitrogen and oxygen atoms in total. The molecule has 0 bridgehead atoms. The average molecular weight is 448 g/mol. The Hall–Kier alpha value is -3.61. The Kier molecular flexibility index (Phi) is 7.07. The van der Waals surface area contributed by atoms with Gasteiger partial charge in [0.2, 0.25) is 0 Å². The van der Waals surface area contributed by atoms with Crippen molar-refractivity contribution in [2.24, 2.45) is 0 Å². The molecule has 0 radical (unpaired) electrons. The standard InChI is InChI=1S/C26H29N3O4/c1-18(2)6-10-21-22(11-7-19-8-13-25(31)33-26(19)21)32-17-24(30)28-23-12-9-20(16-27-23)29-14-4-3-5-15-29/h6-9,11-13,16H,3-5,10,14-15,17H2,1-2H3,(H,27,28,30). The van der Waals surface area contributed by atoms with Crippen molar-refractivity contribution in [2.75, 3.05) is 29.9 Å². The molecule has 1 saturated heterocycles. The predicted octanol–water partition coefficient (Wildman–Crippen LogP) is 4.70. The first-order valence-corrected chi connectivity index (χ1v) is 11.3. The van der Waals surface area contributed by atoms with Crippen LogP contribution in [0.3, 0.4) is 0 Å². The summed E-state index contributed by atoms with van der Waals surface area (Å²) in [4.78, 5) is 31.0. The van der Waals surface area contributed by atoms with Crippen LogP contribution in [0.1, 0.15) is 38.7 Å². The summed E-state index contributed by atoms with van der Waals surface area (Å²) < 4.78 is 11.3. The van der Waals surface area contributed by atoms with Crippen molar-refractivity contribution in [3.63, 3.8) is 0 Å². The number of pyridine rings is 1. The maximum Gasteiger partial charge on any atom is 0.336 e. The number of amides is 1. The number of hydrogen-bond donors (Lipinski definition) is 1. The van der Waals surface area contributed by atoms with Crippen LogP contribution in [0, 0.1) is 0 Å². The van der Waals surface area contributed by atoms with E-state index in [0.717, 1.165) is 35.3 Å². The van der Waals surface area contributed by atoms with Gasteiger partial charge in [-0.05, 0) is 69.9 Å². The van der Waals surface area contributed by atoms with E-state index in [4.69, 9.17) is 9.15 Å². The molecule has 0 spiro atoms. The highest BCUT2D eigenvalue weighted by atomic mass is 16.5. The fraction of sp³-hybridized carbons (Fsp3) is 0.346. The van der Waals surface area contributed by atoms with E-state index in [-0.39, 0.29) is 12.5 Å². The van der Waals surface area contributed by atoms with Crippen molar-refractivity contribution in [1.29, 1.82) is 0 Å². The number of anilines is 2. The van der Waals surface area contributed by atoms with Crippen LogP contribution in [-0.4, -0.2) is 30.6 Å². The van der Waals surface area contributed by atoms with Crippen LogP contribution in [0.2, 0.25) is 0 Å². The van der Waals surface area contributed by atoms with Gasteiger partial charge in [-0.3, -0.25) is 4.79 Å². The Morgan fingerprint density at radius 1 is 1.12 bits per heavy atom. The van der Waals surface area contributed by atoms with E-state index in [2.05, 4.69) is 15.2 Å². The summed E-state index contributed by atoms with van der Waals surface area (Å²) >= 11 is 0. The molecule has 1 aliphatic heterocycles. The minimum absolute atomic E-state index is 0.181. The van der Waals surface area contributed by atoms with Crippen molar-refractivity contribution in [1.82, 2.24) is 4.98 Å². The van der Waals surface area contributed by atoms with Crippen LogP contribution >= 0.6 is 0 Å². The second kappa shape index (κ2) is 10.3. The number of nitrogens with one attached hydrogen (secondary N) is 1. The summed E-state index contributed by atoms with van der Waals surface area (Å²) in [5.41, 5.74) is 3.00. The maximum atomic E-state index is 12.5. The molecule has 1 aromatic carbocycles. The van der Waals surface area contributed by atoms with Gasteiger partial charge in [-0.25, -0.2) is 9.78 Å². The number of carbonyl (C=O) groups is 1. The second-order valence-electron chi connectivity index (χ2n) is 8.49. The molecule has 0 aliphatic carbocycles. The van der Waals surface area contributed by atoms with E-state index in [1.165, 1.54) is 25.3 Å². The number of aromatic nitrogens is 1. The van der Waals surface area contributed by atoms with Crippen LogP contribution in [0.25, 0.3) is 11.0 Å². The molecular formula is C26H29N3O4. The van der Waals surface area contributed by atoms with Crippen molar-refractivity contribution in [2.45, 2.75) is 39.5 Å². The number of piperidine rings is 1. The van der Waals surface area contributed by atoms with Gasteiger partial charge < -0.3 is 19.4 Å². The minimum atomic E-state index is -0.421. The Labute approximate surface area is 193 Å². The summed E-state index contributed by atoms with van der Waals surface area (Å²) in [5, 5.41) is 3.59. The van der Waals surface area contributed by atoms with Gasteiger partial charge in [-0.2, -0.15) is 0 Å². The molecule has 172 valence electrons. The molecule has 33 heavy (non-hydrogen) atoms. The lowest BCUT2D eigenvalue weighted by Crippen LogP contribution is -2.29. The number of fused-ring (bicyclic) bond motifs is 1. The summed E-state index contributed by atoms with van der Waals surface area (Å²) in [7, 11) is 0. The zero-order valence-electron chi connectivity index (χ0n) is 19.1. The van der Waals surface area contributed by atoms with E-state index >= 15 is 0 Å². The Morgan fingerprint density at radius 3 is 2.64 bits per heavy atom. The number of carbonyl (C=O) groups excluding carboxylic acids is 1. The Bertz CT molecular complexity index is 1200. The summed E-state index contributed by atoms with van der Waals surface area (Å²) in [6, 6.07) is 10.5. The first-order valence-electron chi connectivity index (χ1n) is 11.3. The second-order valence-corrected chi connectivity index (χ2v) is 8.49. The average Bonchev–Trinajstić information content (AvgIpc) is 2.82. The van der Waals surface area contributed by atoms with Gasteiger partial charge in [0.1, 0.15) is 17.2 Å². The summed E-state index contributed by atoms with van der Waals surface area (Å²) in [6.07, 6.45) is 8.03. The fourth-order valence-electron chi connectivity index (χ4n) is 3.93. The molecule has 1 aliphatic rings. The number of ether oxygens (including phenoxy) is 1. The van der Waals surface area contributed by atoms with E-state index in [1.807, 2.05) is 38.1 Å². The molecule has 0 atom stereocenters. The monoisotopic (exact) mass is 447 g/mol. The number of benzene rings is 1. The van der Waals surface area contributed by atoms with Gasteiger partial charge in [0.25, 0.3) is 5.91 Å². The summed E-state index contributed by atoms with van der Waals surface area (Å²) in [5.74, 6) is 0.688. The van der Waals surface area contributed by atoms with E-state index in [9.17, 15) is 9.59 Å². The third-order valence-electron chi connectivity index (χ3n) is 5.66. The maximum absolute atomic E-state index is 12.5. The SMILES string of the molecule is CC(C)=CCc1c(OCC(=O)Nc2ccc(N3CCCCC3)cn2)ccc2ccc(=O)oc12. The fourth-order valence-corrected chi connectivity index (χ4v) is 3.93. The minimum Gasteiger partial charge on any atom is -0.483 e. The lowest BCUT2D eigenvalue weighted by Gasteiger charge is -2.28.